The highest BCUT2D eigenvalue weighted by Crippen LogP contribution is 2.19. The molecule has 1 aromatic heterocycles. The van der Waals surface area contributed by atoms with E-state index in [0.29, 0.717) is 23.4 Å². The van der Waals surface area contributed by atoms with E-state index in [1.165, 1.54) is 29.6 Å². The van der Waals surface area contributed by atoms with Gasteiger partial charge in [0.25, 0.3) is 0 Å². The number of terminal acetylenes is 1. The summed E-state index contributed by atoms with van der Waals surface area (Å²) in [7, 11) is 0. The number of thiophene rings is 1. The fraction of sp³-hybridized carbons (Fsp3) is 0.333. The van der Waals surface area contributed by atoms with Crippen LogP contribution in [-0.4, -0.2) is 30.2 Å². The zero-order chi connectivity index (χ0) is 23.1. The summed E-state index contributed by atoms with van der Waals surface area (Å²) in [5.41, 5.74) is 0.653. The normalized spacial score (nSPS) is 13.1. The summed E-state index contributed by atoms with van der Waals surface area (Å²) < 4.78 is 26.2. The third kappa shape index (κ3) is 10.6. The minimum Gasteiger partial charge on any atom is -0.477 e. The van der Waals surface area contributed by atoms with Crippen molar-refractivity contribution < 1.29 is 23.5 Å². The van der Waals surface area contributed by atoms with E-state index in [9.17, 15) is 18.4 Å². The summed E-state index contributed by atoms with van der Waals surface area (Å²) in [6, 6.07) is 3.43. The van der Waals surface area contributed by atoms with Crippen molar-refractivity contribution in [3.05, 3.63) is 70.2 Å². The van der Waals surface area contributed by atoms with Crippen molar-refractivity contribution in [3.8, 4) is 12.3 Å². The maximum Gasteiger partial charge on any atom is 0.345 e. The van der Waals surface area contributed by atoms with Crippen molar-refractivity contribution >= 4 is 23.2 Å². The van der Waals surface area contributed by atoms with Gasteiger partial charge in [0, 0.05) is 11.4 Å². The van der Waals surface area contributed by atoms with Crippen LogP contribution in [0.3, 0.4) is 0 Å². The second kappa shape index (κ2) is 14.9. The van der Waals surface area contributed by atoms with Crippen LogP contribution in [0.25, 0.3) is 0 Å². The standard InChI is InChI=1S/C24H27F2NO3S/c1-3-18(10-7-8-11-20(26)4-2)16-19(17-25)23(28)27-15-9-5-6-12-21-13-14-22(31-21)24(29)30/h2-3,7-8,11,13-14,16,19H,1,5-6,9-10,12,15,17H2,(H,27,28)(H,29,30)/b8-7-,18-16+,20-11+. The van der Waals surface area contributed by atoms with Gasteiger partial charge < -0.3 is 10.4 Å². The van der Waals surface area contributed by atoms with Gasteiger partial charge in [-0.1, -0.05) is 37.3 Å². The molecule has 0 bridgehead atoms. The van der Waals surface area contributed by atoms with Gasteiger partial charge >= 0.3 is 5.97 Å². The van der Waals surface area contributed by atoms with Crippen molar-refractivity contribution in [1.82, 2.24) is 5.32 Å². The highest BCUT2D eigenvalue weighted by molar-refractivity contribution is 7.13. The van der Waals surface area contributed by atoms with Crippen LogP contribution >= 0.6 is 11.3 Å². The summed E-state index contributed by atoms with van der Waals surface area (Å²) >= 11 is 1.27. The lowest BCUT2D eigenvalue weighted by molar-refractivity contribution is -0.124. The number of rotatable bonds is 14. The number of hydrogen-bond donors (Lipinski definition) is 2. The van der Waals surface area contributed by atoms with Gasteiger partial charge in [-0.05, 0) is 55.4 Å². The Morgan fingerprint density at radius 2 is 2.10 bits per heavy atom. The van der Waals surface area contributed by atoms with E-state index in [0.717, 1.165) is 36.6 Å². The van der Waals surface area contributed by atoms with E-state index >= 15 is 0 Å². The van der Waals surface area contributed by atoms with E-state index in [1.807, 2.05) is 12.0 Å². The lowest BCUT2D eigenvalue weighted by Gasteiger charge is -2.11. The zero-order valence-corrected chi connectivity index (χ0v) is 18.1. The van der Waals surface area contributed by atoms with Gasteiger partial charge in [0.05, 0.1) is 5.92 Å². The number of halogens is 2. The maximum absolute atomic E-state index is 13.3. The number of aromatic carboxylic acids is 1. The highest BCUT2D eigenvalue weighted by atomic mass is 32.1. The van der Waals surface area contributed by atoms with Crippen LogP contribution in [0.15, 0.2) is 60.5 Å². The van der Waals surface area contributed by atoms with Crippen LogP contribution in [0.4, 0.5) is 8.78 Å². The highest BCUT2D eigenvalue weighted by Gasteiger charge is 2.15. The Bertz CT molecular complexity index is 878. The molecule has 31 heavy (non-hydrogen) atoms. The molecule has 1 aromatic rings. The van der Waals surface area contributed by atoms with Crippen molar-refractivity contribution in [2.24, 2.45) is 5.92 Å². The van der Waals surface area contributed by atoms with Gasteiger partial charge in [-0.2, -0.15) is 4.39 Å². The van der Waals surface area contributed by atoms with Crippen LogP contribution in [-0.2, 0) is 11.2 Å². The number of carbonyl (C=O) groups excluding carboxylic acids is 1. The number of hydrogen-bond acceptors (Lipinski definition) is 3. The molecule has 1 heterocycles. The Labute approximate surface area is 186 Å². The predicted molar refractivity (Wildman–Crippen MR) is 121 cm³/mol. The first-order valence-corrected chi connectivity index (χ1v) is 10.7. The zero-order valence-electron chi connectivity index (χ0n) is 17.3. The second-order valence-electron chi connectivity index (χ2n) is 6.67. The largest absolute Gasteiger partial charge is 0.477 e. The molecule has 1 atom stereocenters. The van der Waals surface area contributed by atoms with E-state index in [4.69, 9.17) is 11.5 Å². The lowest BCUT2D eigenvalue weighted by Crippen LogP contribution is -2.31. The van der Waals surface area contributed by atoms with Gasteiger partial charge in [-0.15, -0.1) is 17.8 Å². The Kier molecular flexibility index (Phi) is 12.5. The first-order chi connectivity index (χ1) is 14.9. The number of unbranched alkanes of at least 4 members (excludes halogenated alkanes) is 2. The summed E-state index contributed by atoms with van der Waals surface area (Å²) in [4.78, 5) is 24.4. The molecule has 2 N–H and O–H groups in total. The number of amides is 1. The average molecular weight is 448 g/mol. The van der Waals surface area contributed by atoms with Gasteiger partial charge in [0.2, 0.25) is 5.91 Å². The van der Waals surface area contributed by atoms with Crippen molar-refractivity contribution in [3.63, 3.8) is 0 Å². The number of alkyl halides is 1. The van der Waals surface area contributed by atoms with Crippen molar-refractivity contribution in [2.75, 3.05) is 13.2 Å². The van der Waals surface area contributed by atoms with E-state index in [-0.39, 0.29) is 0 Å². The Morgan fingerprint density at radius 3 is 2.71 bits per heavy atom. The van der Waals surface area contributed by atoms with Crippen molar-refractivity contribution in [1.29, 1.82) is 0 Å². The lowest BCUT2D eigenvalue weighted by atomic mass is 10.0. The third-order valence-electron chi connectivity index (χ3n) is 4.32. The molecule has 0 saturated carbocycles. The summed E-state index contributed by atoms with van der Waals surface area (Å²) in [5, 5.41) is 11.7. The molecule has 0 aromatic carbocycles. The van der Waals surface area contributed by atoms with E-state index in [1.54, 1.807) is 12.1 Å². The Balaban J connectivity index is 2.38. The molecule has 0 aliphatic carbocycles. The van der Waals surface area contributed by atoms with Crippen LogP contribution in [0.1, 0.15) is 40.2 Å². The maximum atomic E-state index is 13.3. The molecule has 0 aliphatic rings. The van der Waals surface area contributed by atoms with Crippen molar-refractivity contribution in [2.45, 2.75) is 32.1 Å². The molecular formula is C24H27F2NO3S. The smallest absolute Gasteiger partial charge is 0.345 e. The van der Waals surface area contributed by atoms with Crippen LogP contribution in [0.2, 0.25) is 0 Å². The number of carbonyl (C=O) groups is 2. The average Bonchev–Trinajstić information content (AvgIpc) is 3.24. The minimum atomic E-state index is -0.917. The van der Waals surface area contributed by atoms with Gasteiger partial charge in [0.1, 0.15) is 11.6 Å². The molecule has 0 spiro atoms. The molecule has 0 fully saturated rings. The topological polar surface area (TPSA) is 66.4 Å². The van der Waals surface area contributed by atoms with Gasteiger partial charge in [-0.3, -0.25) is 4.79 Å². The molecule has 0 aliphatic heterocycles. The predicted octanol–water partition coefficient (Wildman–Crippen LogP) is 5.41. The van der Waals surface area contributed by atoms with E-state index in [2.05, 4.69) is 11.9 Å². The SMILES string of the molecule is C#C/C(F)=C\C=C/C/C(C=C)=C/C(CF)C(=O)NCCCCCc1ccc(C(=O)O)s1. The molecule has 166 valence electrons. The molecule has 1 rings (SSSR count). The van der Waals surface area contributed by atoms with Gasteiger partial charge in [-0.25, -0.2) is 9.18 Å². The minimum absolute atomic E-state index is 0.332. The molecule has 4 nitrogen and oxygen atoms in total. The van der Waals surface area contributed by atoms with E-state index < -0.39 is 30.3 Å². The summed E-state index contributed by atoms with van der Waals surface area (Å²) in [6.45, 7) is 3.27. The molecule has 0 saturated heterocycles. The number of carboxylic acid groups (broad SMARTS) is 1. The fourth-order valence-corrected chi connectivity index (χ4v) is 3.53. The molecule has 7 heteroatoms. The molecule has 0 radical (unpaired) electrons. The molecule has 1 amide bonds. The van der Waals surface area contributed by atoms with Gasteiger partial charge in [0.15, 0.2) is 5.83 Å². The Hall–Kier alpha value is -2.98. The van der Waals surface area contributed by atoms with Crippen LogP contribution < -0.4 is 5.32 Å². The number of allylic oxidation sites excluding steroid dienone is 6. The monoisotopic (exact) mass is 447 g/mol. The first-order valence-electron chi connectivity index (χ1n) is 9.89. The third-order valence-corrected chi connectivity index (χ3v) is 5.46. The second-order valence-corrected chi connectivity index (χ2v) is 7.84. The molecule has 1 unspecified atom stereocenters. The number of aryl methyl sites for hydroxylation is 1. The number of nitrogens with one attached hydrogen (secondary N) is 1. The summed E-state index contributed by atoms with van der Waals surface area (Å²) in [6.07, 6.45) is 15.8. The number of carboxylic acids is 1. The van der Waals surface area contributed by atoms with Crippen LogP contribution in [0, 0.1) is 18.3 Å². The fourth-order valence-electron chi connectivity index (χ4n) is 2.64. The quantitative estimate of drug-likeness (QED) is 0.228. The Morgan fingerprint density at radius 1 is 1.32 bits per heavy atom. The van der Waals surface area contributed by atoms with Crippen LogP contribution in [0.5, 0.6) is 0 Å². The summed E-state index contributed by atoms with van der Waals surface area (Å²) in [5.74, 6) is -1.07. The molecular weight excluding hydrogens is 420 g/mol. The first kappa shape index (κ1) is 26.1.